The molecule has 0 aromatic heterocycles. The van der Waals surface area contributed by atoms with E-state index in [4.69, 9.17) is 0 Å². The van der Waals surface area contributed by atoms with Gasteiger partial charge in [0.15, 0.2) is 0 Å². The van der Waals surface area contributed by atoms with Gasteiger partial charge in [-0.15, -0.1) is 0 Å². The maximum Gasteiger partial charge on any atom is 0.261 e. The molecule has 0 bridgehead atoms. The number of hydrogen-bond donors (Lipinski definition) is 2. The van der Waals surface area contributed by atoms with Crippen molar-refractivity contribution in [2.75, 3.05) is 20.1 Å². The van der Waals surface area contributed by atoms with Gasteiger partial charge in [0.2, 0.25) is 11.8 Å². The van der Waals surface area contributed by atoms with Crippen LogP contribution >= 0.6 is 45.2 Å². The van der Waals surface area contributed by atoms with Crippen molar-refractivity contribution >= 4 is 62.9 Å². The fraction of sp³-hybridized carbons (Fsp3) is 0.769. The highest BCUT2D eigenvalue weighted by atomic mass is 127. The van der Waals surface area contributed by atoms with Gasteiger partial charge >= 0.3 is 0 Å². The fourth-order valence-corrected chi connectivity index (χ4v) is 4.94. The van der Waals surface area contributed by atoms with Gasteiger partial charge in [0.1, 0.15) is 6.04 Å². The molecule has 124 valence electrons. The van der Waals surface area contributed by atoms with Gasteiger partial charge in [-0.3, -0.25) is 30.1 Å². The predicted molar refractivity (Wildman–Crippen MR) is 98.7 cm³/mol. The van der Waals surface area contributed by atoms with Crippen molar-refractivity contribution in [2.24, 2.45) is 0 Å². The van der Waals surface area contributed by atoms with E-state index in [1.807, 2.05) is 7.05 Å². The lowest BCUT2D eigenvalue weighted by Crippen LogP contribution is -2.54. The van der Waals surface area contributed by atoms with Crippen LogP contribution in [0.1, 0.15) is 19.8 Å². The molecule has 2 aliphatic rings. The van der Waals surface area contributed by atoms with Gasteiger partial charge in [0.25, 0.3) is 5.91 Å². The van der Waals surface area contributed by atoms with Crippen molar-refractivity contribution in [1.82, 2.24) is 20.7 Å². The summed E-state index contributed by atoms with van der Waals surface area (Å²) in [6, 6.07) is -0.664. The maximum absolute atomic E-state index is 12.8. The van der Waals surface area contributed by atoms with E-state index in [2.05, 4.69) is 60.9 Å². The summed E-state index contributed by atoms with van der Waals surface area (Å²) in [6.45, 7) is 2.79. The van der Waals surface area contributed by atoms with E-state index in [1.165, 1.54) is 6.92 Å². The van der Waals surface area contributed by atoms with E-state index in [0.29, 0.717) is 16.9 Å². The molecule has 2 fully saturated rings. The number of hydrazine groups is 1. The number of nitrogens with zero attached hydrogens (tertiary/aromatic N) is 2. The number of hydrogen-bond acceptors (Lipinski definition) is 4. The molecule has 4 atom stereocenters. The fourth-order valence-electron chi connectivity index (χ4n) is 2.93. The van der Waals surface area contributed by atoms with Crippen LogP contribution in [0.4, 0.5) is 0 Å². The summed E-state index contributed by atoms with van der Waals surface area (Å²) in [5.41, 5.74) is 4.68. The molecule has 0 radical (unpaired) electrons. The molecule has 0 aromatic carbocycles. The molecule has 7 nitrogen and oxygen atoms in total. The minimum Gasteiger partial charge on any atom is -0.328 e. The Morgan fingerprint density at radius 3 is 2.14 bits per heavy atom. The van der Waals surface area contributed by atoms with Crippen molar-refractivity contribution in [2.45, 2.75) is 39.7 Å². The van der Waals surface area contributed by atoms with E-state index >= 15 is 0 Å². The summed E-state index contributed by atoms with van der Waals surface area (Å²) in [5, 5.41) is 0. The number of alkyl halides is 2. The first kappa shape index (κ1) is 18.2. The highest BCUT2D eigenvalue weighted by Gasteiger charge is 2.43. The second-order valence-electron chi connectivity index (χ2n) is 5.80. The molecule has 22 heavy (non-hydrogen) atoms. The van der Waals surface area contributed by atoms with E-state index in [1.54, 1.807) is 4.90 Å². The van der Waals surface area contributed by atoms with Crippen molar-refractivity contribution in [3.8, 4) is 0 Å². The first-order chi connectivity index (χ1) is 10.3. The predicted octanol–water partition coefficient (Wildman–Crippen LogP) is 0.0659. The Morgan fingerprint density at radius 1 is 1.00 bits per heavy atom. The van der Waals surface area contributed by atoms with Crippen LogP contribution in [-0.2, 0) is 14.4 Å². The SMILES string of the molecule is CC(=O)NNC(=O)[C@@H]1C[C@@H](I)CN1C(=O)[C@H]1CC(I)CN1C. The van der Waals surface area contributed by atoms with Crippen LogP contribution in [0.15, 0.2) is 0 Å². The summed E-state index contributed by atoms with van der Waals surface area (Å²) in [5.74, 6) is -0.642. The maximum atomic E-state index is 12.8. The topological polar surface area (TPSA) is 81.8 Å². The quantitative estimate of drug-likeness (QED) is 0.299. The molecule has 2 rings (SSSR count). The highest BCUT2D eigenvalue weighted by molar-refractivity contribution is 14.1. The molecule has 1 unspecified atom stereocenters. The Bertz CT molecular complexity index is 476. The lowest BCUT2D eigenvalue weighted by atomic mass is 10.1. The van der Waals surface area contributed by atoms with E-state index in [0.717, 1.165) is 13.0 Å². The number of rotatable bonds is 2. The first-order valence-electron chi connectivity index (χ1n) is 7.15. The molecule has 0 saturated carbocycles. The third-order valence-electron chi connectivity index (χ3n) is 3.98. The lowest BCUT2D eigenvalue weighted by Gasteiger charge is -2.29. The smallest absolute Gasteiger partial charge is 0.261 e. The van der Waals surface area contributed by atoms with E-state index in [9.17, 15) is 14.4 Å². The summed E-state index contributed by atoms with van der Waals surface area (Å²) in [4.78, 5) is 39.7. The molecular weight excluding hydrogens is 514 g/mol. The monoisotopic (exact) mass is 534 g/mol. The van der Waals surface area contributed by atoms with Crippen LogP contribution in [0, 0.1) is 0 Å². The number of nitrogens with one attached hydrogen (secondary N) is 2. The molecular formula is C13H20I2N4O3. The summed E-state index contributed by atoms with van der Waals surface area (Å²) >= 11 is 4.63. The minimum atomic E-state index is -0.511. The van der Waals surface area contributed by atoms with Crippen LogP contribution in [0.5, 0.6) is 0 Å². The standard InChI is InChI=1S/C13H20I2N4O3/c1-7(20)16-17-12(21)10-3-9(15)6-19(10)13(22)11-4-8(14)5-18(11)2/h8-11H,3-6H2,1-2H3,(H,16,20)(H,17,21)/t8?,9-,10+,11-/m1/s1. The zero-order chi connectivity index (χ0) is 16.4. The van der Waals surface area contributed by atoms with Gasteiger partial charge in [-0.1, -0.05) is 45.2 Å². The molecule has 0 aromatic rings. The van der Waals surface area contributed by atoms with E-state index < -0.39 is 6.04 Å². The molecule has 9 heteroatoms. The largest absolute Gasteiger partial charge is 0.328 e. The van der Waals surface area contributed by atoms with Crippen molar-refractivity contribution in [3.63, 3.8) is 0 Å². The van der Waals surface area contributed by atoms with Gasteiger partial charge in [0.05, 0.1) is 6.04 Å². The number of amides is 3. The second-order valence-corrected chi connectivity index (χ2v) is 9.32. The molecule has 2 N–H and O–H groups in total. The third-order valence-corrected chi connectivity index (χ3v) is 5.78. The van der Waals surface area contributed by atoms with Gasteiger partial charge in [-0.05, 0) is 19.9 Å². The Hall–Kier alpha value is -0.170. The number of likely N-dealkylation sites (tertiary alicyclic amines) is 2. The van der Waals surface area contributed by atoms with E-state index in [-0.39, 0.29) is 27.7 Å². The zero-order valence-corrected chi connectivity index (χ0v) is 16.8. The van der Waals surface area contributed by atoms with Gasteiger partial charge < -0.3 is 4.90 Å². The Morgan fingerprint density at radius 2 is 1.59 bits per heavy atom. The summed E-state index contributed by atoms with van der Waals surface area (Å²) in [6.07, 6.45) is 1.43. The molecule has 0 spiro atoms. The normalized spacial score (nSPS) is 32.1. The molecule has 2 heterocycles. The van der Waals surface area contributed by atoms with Crippen LogP contribution in [0.2, 0.25) is 0 Å². The molecule has 3 amide bonds. The van der Waals surface area contributed by atoms with Crippen LogP contribution < -0.4 is 10.9 Å². The van der Waals surface area contributed by atoms with Crippen LogP contribution in [-0.4, -0.2) is 67.6 Å². The minimum absolute atomic E-state index is 0.0174. The zero-order valence-electron chi connectivity index (χ0n) is 12.5. The van der Waals surface area contributed by atoms with Gasteiger partial charge in [0, 0.05) is 27.9 Å². The summed E-state index contributed by atoms with van der Waals surface area (Å²) < 4.78 is 0.706. The molecule has 2 aliphatic heterocycles. The Labute approximate surface area is 157 Å². The van der Waals surface area contributed by atoms with Gasteiger partial charge in [-0.2, -0.15) is 0 Å². The van der Waals surface area contributed by atoms with Gasteiger partial charge in [-0.25, -0.2) is 0 Å². The van der Waals surface area contributed by atoms with Crippen LogP contribution in [0.3, 0.4) is 0 Å². The number of carbonyl (C=O) groups is 3. The van der Waals surface area contributed by atoms with Crippen molar-refractivity contribution in [1.29, 1.82) is 0 Å². The van der Waals surface area contributed by atoms with Crippen molar-refractivity contribution < 1.29 is 14.4 Å². The average Bonchev–Trinajstić information content (AvgIpc) is 2.98. The molecule has 0 aliphatic carbocycles. The molecule has 2 saturated heterocycles. The lowest BCUT2D eigenvalue weighted by molar-refractivity contribution is -0.142. The first-order valence-corrected chi connectivity index (χ1v) is 9.64. The Balaban J connectivity index is 2.05. The average molecular weight is 534 g/mol. The number of carbonyl (C=O) groups excluding carboxylic acids is 3. The third kappa shape index (κ3) is 4.22. The number of halogens is 2. The van der Waals surface area contributed by atoms with Crippen LogP contribution in [0.25, 0.3) is 0 Å². The summed E-state index contributed by atoms with van der Waals surface area (Å²) in [7, 11) is 1.95. The van der Waals surface area contributed by atoms with Crippen molar-refractivity contribution in [3.05, 3.63) is 0 Å². The second kappa shape index (κ2) is 7.60. The number of likely N-dealkylation sites (N-methyl/N-ethyl adjacent to an activating group) is 1. The highest BCUT2D eigenvalue weighted by Crippen LogP contribution is 2.29. The Kier molecular flexibility index (Phi) is 6.28.